The van der Waals surface area contributed by atoms with Crippen LogP contribution in [0.3, 0.4) is 0 Å². The van der Waals surface area contributed by atoms with E-state index < -0.39 is 29.4 Å². The van der Waals surface area contributed by atoms with Crippen molar-refractivity contribution in [2.24, 2.45) is 11.7 Å². The fourth-order valence-electron chi connectivity index (χ4n) is 5.55. The third-order valence-electron chi connectivity index (χ3n) is 7.83. The minimum Gasteiger partial charge on any atom is -0.391 e. The van der Waals surface area contributed by atoms with Crippen LogP contribution in [0.5, 0.6) is 0 Å². The van der Waals surface area contributed by atoms with Crippen molar-refractivity contribution in [2.75, 3.05) is 36.5 Å². The van der Waals surface area contributed by atoms with E-state index in [9.17, 15) is 5.11 Å². The molecule has 0 aliphatic carbocycles. The van der Waals surface area contributed by atoms with E-state index >= 15 is 13.2 Å². The van der Waals surface area contributed by atoms with Gasteiger partial charge in [0.2, 0.25) is 5.95 Å². The molecule has 0 radical (unpaired) electrons. The number of imidazole rings is 1. The predicted octanol–water partition coefficient (Wildman–Crippen LogP) is 3.93. The smallest absolute Gasteiger partial charge is 0.229 e. The molecule has 2 saturated heterocycles. The normalized spacial score (nSPS) is 22.9. The summed E-state index contributed by atoms with van der Waals surface area (Å²) in [4.78, 5) is 10.7. The van der Waals surface area contributed by atoms with Gasteiger partial charge in [0.15, 0.2) is 0 Å². The van der Waals surface area contributed by atoms with Crippen LogP contribution in [0.2, 0.25) is 0 Å². The highest BCUT2D eigenvalue weighted by Gasteiger charge is 2.36. The summed E-state index contributed by atoms with van der Waals surface area (Å²) in [5, 5.41) is 18.0. The van der Waals surface area contributed by atoms with Gasteiger partial charge in [0.05, 0.1) is 46.6 Å². The molecule has 1 aromatic carbocycles. The molecule has 0 saturated carbocycles. The van der Waals surface area contributed by atoms with Crippen LogP contribution in [-0.4, -0.2) is 63.1 Å². The number of anilines is 3. The molecule has 3 atom stereocenters. The van der Waals surface area contributed by atoms with Crippen molar-refractivity contribution in [3.05, 3.63) is 66.1 Å². The molecule has 5 heterocycles. The van der Waals surface area contributed by atoms with Crippen molar-refractivity contribution in [2.45, 2.75) is 37.6 Å². The molecule has 0 unspecified atom stereocenters. The Labute approximate surface area is 228 Å². The molecule has 2 aliphatic rings. The maximum Gasteiger partial charge on any atom is 0.229 e. The van der Waals surface area contributed by atoms with Crippen LogP contribution < -0.4 is 16.0 Å². The maximum absolute atomic E-state index is 15.4. The fraction of sp³-hybridized carbons (Fsp3) is 0.393. The summed E-state index contributed by atoms with van der Waals surface area (Å²) in [5.74, 6) is -1.52. The number of nitrogens with one attached hydrogen (secondary N) is 1. The van der Waals surface area contributed by atoms with E-state index in [0.717, 1.165) is 17.8 Å². The molecule has 40 heavy (non-hydrogen) atoms. The van der Waals surface area contributed by atoms with Gasteiger partial charge in [-0.25, -0.2) is 18.2 Å². The average Bonchev–Trinajstić information content (AvgIpc) is 3.33. The lowest BCUT2D eigenvalue weighted by Gasteiger charge is -2.40. The number of hydrogen-bond acceptors (Lipinski definition) is 8. The van der Waals surface area contributed by atoms with Gasteiger partial charge in [0.25, 0.3) is 0 Å². The van der Waals surface area contributed by atoms with Crippen LogP contribution in [0, 0.1) is 17.6 Å². The predicted molar refractivity (Wildman–Crippen MR) is 144 cm³/mol. The Kier molecular flexibility index (Phi) is 6.85. The van der Waals surface area contributed by atoms with Crippen LogP contribution >= 0.6 is 0 Å². The molecule has 3 aromatic heterocycles. The summed E-state index contributed by atoms with van der Waals surface area (Å²) in [5.41, 5.74) is 6.02. The Morgan fingerprint density at radius 3 is 2.58 bits per heavy atom. The van der Waals surface area contributed by atoms with Crippen LogP contribution in [-0.2, 0) is 10.4 Å². The van der Waals surface area contributed by atoms with E-state index in [1.807, 2.05) is 13.0 Å². The summed E-state index contributed by atoms with van der Waals surface area (Å²) in [6.07, 6.45) is 4.38. The van der Waals surface area contributed by atoms with E-state index in [1.54, 1.807) is 24.7 Å². The number of aliphatic hydroxyl groups excluding tert-OH is 1. The van der Waals surface area contributed by atoms with Crippen LogP contribution in [0.15, 0.2) is 48.9 Å². The minimum absolute atomic E-state index is 0.0313. The molecular formula is C28H30F3N7O2. The van der Waals surface area contributed by atoms with Crippen molar-refractivity contribution in [1.82, 2.24) is 19.6 Å². The summed E-state index contributed by atoms with van der Waals surface area (Å²) >= 11 is 0. The number of ether oxygens (including phenoxy) is 1. The Morgan fingerprint density at radius 2 is 1.85 bits per heavy atom. The van der Waals surface area contributed by atoms with Gasteiger partial charge in [0, 0.05) is 57.3 Å². The SMILES string of the molecule is C[C@H]1CN(c2ccncc2Nc2ncc3ccc(-c4c(F)cc(C5(F)CCOCC5)cc4F)nn23)C[C@@H](N)[C@@H]1O. The largest absolute Gasteiger partial charge is 0.391 e. The third kappa shape index (κ3) is 4.76. The molecule has 210 valence electrons. The number of aliphatic hydroxyl groups is 1. The number of nitrogens with two attached hydrogens (primary N) is 1. The lowest BCUT2D eigenvalue weighted by atomic mass is 9.87. The summed E-state index contributed by atoms with van der Waals surface area (Å²) in [7, 11) is 0. The number of piperidine rings is 1. The molecule has 12 heteroatoms. The Hall–Kier alpha value is -3.74. The number of benzene rings is 1. The van der Waals surface area contributed by atoms with Crippen molar-refractivity contribution in [3.8, 4) is 11.3 Å². The quantitative estimate of drug-likeness (QED) is 0.341. The van der Waals surface area contributed by atoms with Gasteiger partial charge in [-0.15, -0.1) is 0 Å². The topological polar surface area (TPSA) is 114 Å². The van der Waals surface area contributed by atoms with Gasteiger partial charge in [-0.2, -0.15) is 9.61 Å². The summed E-state index contributed by atoms with van der Waals surface area (Å²) < 4.78 is 52.6. The molecule has 2 aliphatic heterocycles. The van der Waals surface area contributed by atoms with Gasteiger partial charge in [-0.05, 0) is 35.9 Å². The van der Waals surface area contributed by atoms with E-state index in [0.29, 0.717) is 30.2 Å². The molecular weight excluding hydrogens is 523 g/mol. The molecule has 4 N–H and O–H groups in total. The number of alkyl halides is 1. The Balaban J connectivity index is 1.33. The van der Waals surface area contributed by atoms with E-state index in [-0.39, 0.29) is 48.8 Å². The summed E-state index contributed by atoms with van der Waals surface area (Å²) in [6.45, 7) is 3.39. The Bertz CT molecular complexity index is 1510. The molecule has 4 aromatic rings. The van der Waals surface area contributed by atoms with Crippen LogP contribution in [0.1, 0.15) is 25.3 Å². The molecule has 9 nitrogen and oxygen atoms in total. The lowest BCUT2D eigenvalue weighted by Crippen LogP contribution is -2.55. The first-order valence-corrected chi connectivity index (χ1v) is 13.2. The highest BCUT2D eigenvalue weighted by atomic mass is 19.1. The van der Waals surface area contributed by atoms with Crippen molar-refractivity contribution >= 4 is 22.8 Å². The first kappa shape index (κ1) is 26.5. The van der Waals surface area contributed by atoms with Gasteiger partial charge in [0.1, 0.15) is 17.3 Å². The number of fused-ring (bicyclic) bond motifs is 1. The monoisotopic (exact) mass is 553 g/mol. The zero-order valence-electron chi connectivity index (χ0n) is 21.9. The Morgan fingerprint density at radius 1 is 1.10 bits per heavy atom. The van der Waals surface area contributed by atoms with Crippen LogP contribution in [0.25, 0.3) is 16.8 Å². The minimum atomic E-state index is -1.84. The molecule has 6 rings (SSSR count). The van der Waals surface area contributed by atoms with Gasteiger partial charge < -0.3 is 25.8 Å². The zero-order valence-corrected chi connectivity index (χ0v) is 21.9. The number of aromatic nitrogens is 4. The number of halogens is 3. The number of nitrogens with zero attached hydrogens (tertiary/aromatic N) is 5. The van der Waals surface area contributed by atoms with Crippen LogP contribution in [0.4, 0.5) is 30.5 Å². The number of rotatable bonds is 5. The second-order valence-corrected chi connectivity index (χ2v) is 10.6. The number of pyridine rings is 1. The zero-order chi connectivity index (χ0) is 28.0. The van der Waals surface area contributed by atoms with E-state index in [1.165, 1.54) is 10.6 Å². The molecule has 0 amide bonds. The van der Waals surface area contributed by atoms with Crippen molar-refractivity contribution in [3.63, 3.8) is 0 Å². The number of hydrogen-bond donors (Lipinski definition) is 3. The van der Waals surface area contributed by atoms with Crippen molar-refractivity contribution in [1.29, 1.82) is 0 Å². The third-order valence-corrected chi connectivity index (χ3v) is 7.83. The highest BCUT2D eigenvalue weighted by molar-refractivity contribution is 5.74. The molecule has 0 spiro atoms. The van der Waals surface area contributed by atoms with E-state index in [2.05, 4.69) is 25.3 Å². The molecule has 0 bridgehead atoms. The first-order chi connectivity index (χ1) is 19.2. The lowest BCUT2D eigenvalue weighted by molar-refractivity contribution is -0.0117. The molecule has 2 fully saturated rings. The fourth-order valence-corrected chi connectivity index (χ4v) is 5.55. The second-order valence-electron chi connectivity index (χ2n) is 10.6. The standard InChI is InChI=1S/C28H30F3N7O2/c1-16-14-37(15-21(32)26(16)39)24-4-7-33-13-23(24)35-27-34-12-18-2-3-22(36-38(18)27)25-19(29)10-17(11-20(25)30)28(31)5-8-40-9-6-28/h2-4,7,10-13,16,21,26,39H,5-6,8-9,14-15,32H2,1H3,(H,34,35)/t16-,21+,26+/m0/s1. The van der Waals surface area contributed by atoms with E-state index in [4.69, 9.17) is 10.5 Å². The van der Waals surface area contributed by atoms with Gasteiger partial charge in [-0.1, -0.05) is 6.92 Å². The summed E-state index contributed by atoms with van der Waals surface area (Å²) in [6, 6.07) is 6.68. The van der Waals surface area contributed by atoms with Gasteiger partial charge in [-0.3, -0.25) is 4.98 Å². The van der Waals surface area contributed by atoms with Gasteiger partial charge >= 0.3 is 0 Å². The highest BCUT2D eigenvalue weighted by Crippen LogP contribution is 2.39. The second kappa shape index (κ2) is 10.3. The average molecular weight is 554 g/mol. The first-order valence-electron chi connectivity index (χ1n) is 13.2. The maximum atomic E-state index is 15.4. The van der Waals surface area contributed by atoms with Crippen molar-refractivity contribution < 1.29 is 23.0 Å².